The second-order valence-electron chi connectivity index (χ2n) is 5.59. The summed E-state index contributed by atoms with van der Waals surface area (Å²) in [5.41, 5.74) is 2.96. The lowest BCUT2D eigenvalue weighted by Crippen LogP contribution is -2.46. The molecule has 1 N–H and O–H groups in total. The van der Waals surface area contributed by atoms with Gasteiger partial charge in [-0.05, 0) is 50.7 Å². The van der Waals surface area contributed by atoms with E-state index in [0.717, 1.165) is 43.9 Å². The van der Waals surface area contributed by atoms with Crippen molar-refractivity contribution in [1.82, 2.24) is 10.2 Å². The molecule has 1 aromatic rings. The molecule has 1 fully saturated rings. The van der Waals surface area contributed by atoms with Gasteiger partial charge in [0.2, 0.25) is 0 Å². The van der Waals surface area contributed by atoms with Gasteiger partial charge >= 0.3 is 0 Å². The Bertz CT molecular complexity index is 453. The van der Waals surface area contributed by atoms with Crippen molar-refractivity contribution in [3.8, 4) is 0 Å². The highest BCUT2D eigenvalue weighted by Gasteiger charge is 2.21. The number of rotatable bonds is 4. The van der Waals surface area contributed by atoms with Crippen molar-refractivity contribution >= 4 is 5.69 Å². The normalized spacial score (nSPS) is 18.4. The van der Waals surface area contributed by atoms with Crippen molar-refractivity contribution in [1.29, 1.82) is 0 Å². The lowest BCUT2D eigenvalue weighted by molar-refractivity contribution is 0.271. The molecule has 1 unspecified atom stereocenters. The molecule has 0 radical (unpaired) electrons. The van der Waals surface area contributed by atoms with Gasteiger partial charge in [-0.1, -0.05) is 6.92 Å². The largest absolute Gasteiger partial charge is 0.369 e. The fraction of sp³-hybridized carbons (Fsp3) is 0.625. The molecule has 1 aliphatic heterocycles. The van der Waals surface area contributed by atoms with E-state index in [1.807, 2.05) is 20.0 Å². The molecule has 0 bridgehead atoms. The Kier molecular flexibility index (Phi) is 5.00. The number of anilines is 1. The van der Waals surface area contributed by atoms with Gasteiger partial charge in [-0.25, -0.2) is 4.39 Å². The summed E-state index contributed by atoms with van der Waals surface area (Å²) in [7, 11) is 1.92. The highest BCUT2D eigenvalue weighted by molar-refractivity contribution is 5.57. The summed E-state index contributed by atoms with van der Waals surface area (Å²) in [6.07, 6.45) is 0. The Morgan fingerprint density at radius 1 is 1.25 bits per heavy atom. The number of nitrogens with one attached hydrogen (secondary N) is 1. The highest BCUT2D eigenvalue weighted by atomic mass is 19.1. The Morgan fingerprint density at radius 2 is 1.90 bits per heavy atom. The van der Waals surface area contributed by atoms with E-state index < -0.39 is 0 Å². The van der Waals surface area contributed by atoms with Gasteiger partial charge < -0.3 is 15.1 Å². The first kappa shape index (κ1) is 15.3. The first-order valence-corrected chi connectivity index (χ1v) is 7.51. The quantitative estimate of drug-likeness (QED) is 0.914. The van der Waals surface area contributed by atoms with Gasteiger partial charge in [0.05, 0.1) is 0 Å². The molecule has 3 nitrogen and oxygen atoms in total. The van der Waals surface area contributed by atoms with E-state index in [1.54, 1.807) is 6.07 Å². The maximum atomic E-state index is 13.9. The van der Waals surface area contributed by atoms with Crippen molar-refractivity contribution in [3.63, 3.8) is 0 Å². The van der Waals surface area contributed by atoms with Crippen LogP contribution in [0.3, 0.4) is 0 Å². The van der Waals surface area contributed by atoms with Crippen LogP contribution in [0.25, 0.3) is 0 Å². The van der Waals surface area contributed by atoms with Gasteiger partial charge in [0, 0.05) is 37.9 Å². The number of aryl methyl sites for hydroxylation is 1. The van der Waals surface area contributed by atoms with E-state index in [0.29, 0.717) is 0 Å². The minimum atomic E-state index is -0.113. The number of benzene rings is 1. The molecule has 0 spiro atoms. The molecule has 1 heterocycles. The molecule has 4 heteroatoms. The molecule has 1 saturated heterocycles. The van der Waals surface area contributed by atoms with Crippen LogP contribution < -0.4 is 10.2 Å². The molecule has 112 valence electrons. The molecule has 20 heavy (non-hydrogen) atoms. The predicted octanol–water partition coefficient (Wildman–Crippen LogP) is 2.56. The molecule has 1 atom stereocenters. The Morgan fingerprint density at radius 3 is 2.45 bits per heavy atom. The Balaban J connectivity index is 2.28. The zero-order valence-electron chi connectivity index (χ0n) is 13.0. The summed E-state index contributed by atoms with van der Waals surface area (Å²) in [4.78, 5) is 4.84. The molecule has 0 amide bonds. The van der Waals surface area contributed by atoms with Gasteiger partial charge in [0.15, 0.2) is 0 Å². The van der Waals surface area contributed by atoms with Crippen LogP contribution in [-0.4, -0.2) is 44.7 Å². The van der Waals surface area contributed by atoms with E-state index >= 15 is 0 Å². The molecule has 1 aromatic carbocycles. The van der Waals surface area contributed by atoms with Crippen LogP contribution in [-0.2, 0) is 0 Å². The van der Waals surface area contributed by atoms with Gasteiger partial charge in [-0.15, -0.1) is 0 Å². The van der Waals surface area contributed by atoms with Crippen molar-refractivity contribution in [2.45, 2.75) is 26.8 Å². The van der Waals surface area contributed by atoms with E-state index in [-0.39, 0.29) is 11.9 Å². The zero-order chi connectivity index (χ0) is 14.7. The molecule has 0 saturated carbocycles. The maximum absolute atomic E-state index is 13.9. The van der Waals surface area contributed by atoms with Crippen molar-refractivity contribution in [2.75, 3.05) is 44.7 Å². The van der Waals surface area contributed by atoms with Crippen molar-refractivity contribution < 1.29 is 4.39 Å². The summed E-state index contributed by atoms with van der Waals surface area (Å²) in [6, 6.07) is 3.85. The van der Waals surface area contributed by atoms with E-state index in [2.05, 4.69) is 29.0 Å². The third kappa shape index (κ3) is 3.13. The zero-order valence-corrected chi connectivity index (χ0v) is 13.0. The predicted molar refractivity (Wildman–Crippen MR) is 82.9 cm³/mol. The highest BCUT2D eigenvalue weighted by Crippen LogP contribution is 2.30. The van der Waals surface area contributed by atoms with Crippen LogP contribution in [0.1, 0.15) is 31.0 Å². The van der Waals surface area contributed by atoms with Crippen LogP contribution in [0.15, 0.2) is 12.1 Å². The Hall–Kier alpha value is -1.13. The first-order valence-electron chi connectivity index (χ1n) is 7.51. The molecular weight excluding hydrogens is 253 g/mol. The van der Waals surface area contributed by atoms with E-state index in [4.69, 9.17) is 0 Å². The van der Waals surface area contributed by atoms with Gasteiger partial charge in [-0.2, -0.15) is 0 Å². The lowest BCUT2D eigenvalue weighted by atomic mass is 10.0. The van der Waals surface area contributed by atoms with Crippen LogP contribution in [0.4, 0.5) is 10.1 Å². The van der Waals surface area contributed by atoms with Crippen molar-refractivity contribution in [3.05, 3.63) is 29.1 Å². The Labute approximate surface area is 121 Å². The number of hydrogen-bond donors (Lipinski definition) is 1. The smallest absolute Gasteiger partial charge is 0.126 e. The average Bonchev–Trinajstić information content (AvgIpc) is 2.49. The number of halogens is 1. The summed E-state index contributed by atoms with van der Waals surface area (Å²) >= 11 is 0. The minimum Gasteiger partial charge on any atom is -0.369 e. The van der Waals surface area contributed by atoms with Gasteiger partial charge in [-0.3, -0.25) is 0 Å². The van der Waals surface area contributed by atoms with E-state index in [1.165, 1.54) is 5.69 Å². The summed E-state index contributed by atoms with van der Waals surface area (Å²) in [5, 5.41) is 3.22. The average molecular weight is 279 g/mol. The van der Waals surface area contributed by atoms with Crippen LogP contribution in [0.5, 0.6) is 0 Å². The molecule has 0 aromatic heterocycles. The van der Waals surface area contributed by atoms with Gasteiger partial charge in [0.1, 0.15) is 5.82 Å². The first-order chi connectivity index (χ1) is 9.56. The van der Waals surface area contributed by atoms with Crippen LogP contribution in [0.2, 0.25) is 0 Å². The van der Waals surface area contributed by atoms with Crippen molar-refractivity contribution in [2.24, 2.45) is 0 Å². The molecule has 0 aliphatic carbocycles. The summed E-state index contributed by atoms with van der Waals surface area (Å²) in [5.74, 6) is -0.113. The topological polar surface area (TPSA) is 18.5 Å². The summed E-state index contributed by atoms with van der Waals surface area (Å²) in [6.45, 7) is 11.4. The second kappa shape index (κ2) is 6.55. The number of hydrogen-bond acceptors (Lipinski definition) is 3. The lowest BCUT2D eigenvalue weighted by Gasteiger charge is -2.37. The summed E-state index contributed by atoms with van der Waals surface area (Å²) < 4.78 is 13.9. The van der Waals surface area contributed by atoms with Crippen LogP contribution in [0, 0.1) is 12.7 Å². The molecular formula is C16H26FN3. The number of nitrogens with zero attached hydrogens (tertiary/aromatic N) is 2. The number of likely N-dealkylation sites (N-methyl/N-ethyl adjacent to an activating group) is 1. The third-order valence-corrected chi connectivity index (χ3v) is 4.37. The van der Waals surface area contributed by atoms with Crippen LogP contribution >= 0.6 is 0 Å². The number of piperazine rings is 1. The fourth-order valence-corrected chi connectivity index (χ4v) is 2.76. The maximum Gasteiger partial charge on any atom is 0.126 e. The monoisotopic (exact) mass is 279 g/mol. The molecule has 2 rings (SSSR count). The fourth-order valence-electron chi connectivity index (χ4n) is 2.76. The standard InChI is InChI=1S/C16H26FN3/c1-5-19-6-8-20(9-7-19)16-10-12(2)15(17)11-14(16)13(3)18-4/h10-11,13,18H,5-9H2,1-4H3. The molecule has 1 aliphatic rings. The minimum absolute atomic E-state index is 0.113. The SMILES string of the molecule is CCN1CCN(c2cc(C)c(F)cc2C(C)NC)CC1. The third-order valence-electron chi connectivity index (χ3n) is 4.37. The van der Waals surface area contributed by atoms with Gasteiger partial charge in [0.25, 0.3) is 0 Å². The van der Waals surface area contributed by atoms with E-state index in [9.17, 15) is 4.39 Å². The second-order valence-corrected chi connectivity index (χ2v) is 5.59.